The molecule has 0 radical (unpaired) electrons. The Kier molecular flexibility index (Phi) is 9.55. The monoisotopic (exact) mass is 577 g/mol. The minimum absolute atomic E-state index is 0.0485. The Hall–Kier alpha value is -1.98. The zero-order valence-corrected chi connectivity index (χ0v) is 25.4. The van der Waals surface area contributed by atoms with Crippen molar-refractivity contribution >= 4 is 5.91 Å². The number of nitrogens with two attached hydrogens (primary N) is 1. The molecular formula is C33H51N7O2. The first-order valence-corrected chi connectivity index (χ1v) is 16.6. The number of carbonyl (C=O) groups excluding carboxylic acids is 1. The zero-order chi connectivity index (χ0) is 29.2. The van der Waals surface area contributed by atoms with Gasteiger partial charge in [0.1, 0.15) is 0 Å². The smallest absolute Gasteiger partial charge is 0.245 e. The third kappa shape index (κ3) is 6.15. The number of carbonyl (C=O) groups is 1. The van der Waals surface area contributed by atoms with E-state index in [0.717, 1.165) is 71.1 Å². The van der Waals surface area contributed by atoms with E-state index in [1.807, 2.05) is 4.90 Å². The van der Waals surface area contributed by atoms with E-state index < -0.39 is 0 Å². The highest BCUT2D eigenvalue weighted by Gasteiger charge is 2.54. The van der Waals surface area contributed by atoms with E-state index in [2.05, 4.69) is 52.0 Å². The third-order valence-corrected chi connectivity index (χ3v) is 11.4. The standard InChI is InChI=1S/C33H51N7O2/c1-3-29(41)39-15-13-25(14-16-39)40-19-22(20-40)9-11-27-30(31-32(35)36-21-37-33(31)38(27)2)23-10-12-28(24(17-23)18-34)42-26-7-5-4-6-8-26/h3,22-28,30-33,36-37H,1,4-8,10,12-17,19-21,35H2,2H3. The topological polar surface area (TPSA) is 110 Å². The van der Waals surface area contributed by atoms with Gasteiger partial charge in [-0.2, -0.15) is 5.26 Å². The molecule has 42 heavy (non-hydrogen) atoms. The first-order valence-electron chi connectivity index (χ1n) is 16.6. The van der Waals surface area contributed by atoms with E-state index >= 15 is 0 Å². The van der Waals surface area contributed by atoms with Crippen LogP contribution in [0.25, 0.3) is 0 Å². The molecule has 8 atom stereocenters. The summed E-state index contributed by atoms with van der Waals surface area (Å²) in [6, 6.07) is 3.32. The van der Waals surface area contributed by atoms with Crippen molar-refractivity contribution < 1.29 is 9.53 Å². The molecule has 6 fully saturated rings. The van der Waals surface area contributed by atoms with Gasteiger partial charge in [0.2, 0.25) is 5.91 Å². The lowest BCUT2D eigenvalue weighted by Gasteiger charge is -2.45. The molecule has 0 aromatic rings. The van der Waals surface area contributed by atoms with Crippen LogP contribution in [0.2, 0.25) is 0 Å². The van der Waals surface area contributed by atoms with Crippen LogP contribution in [0.5, 0.6) is 0 Å². The minimum Gasteiger partial charge on any atom is -0.374 e. The number of nitrogens with one attached hydrogen (secondary N) is 2. The molecule has 2 saturated carbocycles. The van der Waals surface area contributed by atoms with Gasteiger partial charge in [-0.25, -0.2) is 0 Å². The highest BCUT2D eigenvalue weighted by molar-refractivity contribution is 5.87. The third-order valence-electron chi connectivity index (χ3n) is 11.4. The second kappa shape index (κ2) is 13.3. The van der Waals surface area contributed by atoms with Gasteiger partial charge in [-0.05, 0) is 69.9 Å². The zero-order valence-electron chi connectivity index (χ0n) is 25.4. The molecule has 9 heteroatoms. The molecule has 9 nitrogen and oxygen atoms in total. The van der Waals surface area contributed by atoms with Crippen molar-refractivity contribution in [1.82, 2.24) is 25.3 Å². The van der Waals surface area contributed by atoms with Gasteiger partial charge in [0.15, 0.2) is 0 Å². The molecule has 0 aromatic heterocycles. The SMILES string of the molecule is C=CC(=O)N1CCC(N2CC(C#CC3C(C4CCC(OC5CCCCC5)C(C#N)C4)C4C(N)NCNC4N3C)C2)CC1. The molecule has 8 unspecified atom stereocenters. The maximum absolute atomic E-state index is 11.9. The van der Waals surface area contributed by atoms with E-state index in [0.29, 0.717) is 36.6 Å². The molecule has 4 N–H and O–H groups in total. The van der Waals surface area contributed by atoms with Crippen LogP contribution in [-0.4, -0.2) is 97.1 Å². The molecule has 0 aromatic carbocycles. The van der Waals surface area contributed by atoms with Gasteiger partial charge in [0, 0.05) is 50.7 Å². The summed E-state index contributed by atoms with van der Waals surface area (Å²) in [6.07, 6.45) is 13.0. The van der Waals surface area contributed by atoms with Gasteiger partial charge in [-0.3, -0.25) is 25.2 Å². The molecule has 4 heterocycles. The van der Waals surface area contributed by atoms with E-state index in [1.165, 1.54) is 25.3 Å². The second-order valence-corrected chi connectivity index (χ2v) is 13.8. The van der Waals surface area contributed by atoms with E-state index in [1.54, 1.807) is 0 Å². The Morgan fingerprint density at radius 1 is 1.02 bits per heavy atom. The molecule has 6 aliphatic rings. The normalized spacial score (nSPS) is 39.0. The minimum atomic E-state index is -0.0784. The summed E-state index contributed by atoms with van der Waals surface area (Å²) in [7, 11) is 2.20. The van der Waals surface area contributed by atoms with Crippen molar-refractivity contribution in [2.75, 3.05) is 39.9 Å². The lowest BCUT2D eigenvalue weighted by Crippen LogP contribution is -2.63. The molecule has 4 aliphatic heterocycles. The van der Waals surface area contributed by atoms with Gasteiger partial charge < -0.3 is 15.4 Å². The first kappa shape index (κ1) is 30.1. The summed E-state index contributed by atoms with van der Waals surface area (Å²) in [4.78, 5) is 18.8. The molecule has 0 spiro atoms. The predicted octanol–water partition coefficient (Wildman–Crippen LogP) is 2.06. The average Bonchev–Trinajstić information content (AvgIpc) is 3.29. The van der Waals surface area contributed by atoms with Crippen molar-refractivity contribution in [2.45, 2.75) is 101 Å². The number of likely N-dealkylation sites (tertiary alicyclic amines) is 3. The van der Waals surface area contributed by atoms with Gasteiger partial charge in [0.05, 0.1) is 42.6 Å². The van der Waals surface area contributed by atoms with Gasteiger partial charge >= 0.3 is 0 Å². The molecule has 1 amide bonds. The number of hydrogen-bond acceptors (Lipinski definition) is 8. The fraction of sp³-hybridized carbons (Fsp3) is 0.818. The van der Waals surface area contributed by atoms with Crippen LogP contribution in [0, 0.1) is 52.8 Å². The quantitative estimate of drug-likeness (QED) is 0.337. The van der Waals surface area contributed by atoms with Crippen molar-refractivity contribution in [2.24, 2.45) is 35.3 Å². The molecular weight excluding hydrogens is 526 g/mol. The Labute approximate surface area is 252 Å². The van der Waals surface area contributed by atoms with Crippen molar-refractivity contribution in [1.29, 1.82) is 5.26 Å². The van der Waals surface area contributed by atoms with Gasteiger partial charge in [-0.1, -0.05) is 37.7 Å². The molecule has 6 rings (SSSR count). The van der Waals surface area contributed by atoms with Crippen LogP contribution in [0.3, 0.4) is 0 Å². The molecule has 4 saturated heterocycles. The largest absolute Gasteiger partial charge is 0.374 e. The van der Waals surface area contributed by atoms with Gasteiger partial charge in [0.25, 0.3) is 0 Å². The van der Waals surface area contributed by atoms with Crippen molar-refractivity contribution in [3.05, 3.63) is 12.7 Å². The highest BCUT2D eigenvalue weighted by atomic mass is 16.5. The van der Waals surface area contributed by atoms with Crippen LogP contribution in [-0.2, 0) is 9.53 Å². The maximum atomic E-state index is 11.9. The van der Waals surface area contributed by atoms with Crippen molar-refractivity contribution in [3.8, 4) is 17.9 Å². The first-order chi connectivity index (χ1) is 20.5. The van der Waals surface area contributed by atoms with E-state index in [9.17, 15) is 10.1 Å². The number of nitriles is 1. The summed E-state index contributed by atoms with van der Waals surface area (Å²) in [6.45, 7) is 8.00. The second-order valence-electron chi connectivity index (χ2n) is 13.8. The molecule has 230 valence electrons. The van der Waals surface area contributed by atoms with Crippen LogP contribution in [0.15, 0.2) is 12.7 Å². The summed E-state index contributed by atoms with van der Waals surface area (Å²) >= 11 is 0. The van der Waals surface area contributed by atoms with Crippen molar-refractivity contribution in [3.63, 3.8) is 0 Å². The summed E-state index contributed by atoms with van der Waals surface area (Å²) < 4.78 is 6.57. The molecule has 0 bridgehead atoms. The number of rotatable bonds is 5. The maximum Gasteiger partial charge on any atom is 0.245 e. The summed E-state index contributed by atoms with van der Waals surface area (Å²) in [5, 5.41) is 17.3. The Bertz CT molecular complexity index is 1060. The number of piperidine rings is 1. The fourth-order valence-electron chi connectivity index (χ4n) is 9.00. The number of ether oxygens (including phenoxy) is 1. The van der Waals surface area contributed by atoms with Crippen LogP contribution in [0.4, 0.5) is 0 Å². The van der Waals surface area contributed by atoms with Crippen LogP contribution < -0.4 is 16.4 Å². The lowest BCUT2D eigenvalue weighted by atomic mass is 9.68. The van der Waals surface area contributed by atoms with E-state index in [-0.39, 0.29) is 42.2 Å². The Balaban J connectivity index is 1.10. The average molecular weight is 578 g/mol. The summed E-state index contributed by atoms with van der Waals surface area (Å²) in [5.41, 5.74) is 6.74. The summed E-state index contributed by atoms with van der Waals surface area (Å²) in [5.74, 6) is 8.82. The number of nitrogens with zero attached hydrogens (tertiary/aromatic N) is 4. The molecule has 2 aliphatic carbocycles. The number of hydrogen-bond donors (Lipinski definition) is 3. The predicted molar refractivity (Wildman–Crippen MR) is 162 cm³/mol. The number of fused-ring (bicyclic) bond motifs is 1. The Morgan fingerprint density at radius 2 is 1.79 bits per heavy atom. The Morgan fingerprint density at radius 3 is 2.50 bits per heavy atom. The number of amides is 1. The van der Waals surface area contributed by atoms with Crippen LogP contribution >= 0.6 is 0 Å². The van der Waals surface area contributed by atoms with E-state index in [4.69, 9.17) is 10.5 Å². The lowest BCUT2D eigenvalue weighted by molar-refractivity contribution is -0.127. The highest BCUT2D eigenvalue weighted by Crippen LogP contribution is 2.47. The van der Waals surface area contributed by atoms with Gasteiger partial charge in [-0.15, -0.1) is 0 Å². The fourth-order valence-corrected chi connectivity index (χ4v) is 9.00. The van der Waals surface area contributed by atoms with Crippen LogP contribution in [0.1, 0.15) is 64.2 Å².